The Balaban J connectivity index is 2.84. The molecule has 3 nitrogen and oxygen atoms in total. The lowest BCUT2D eigenvalue weighted by molar-refractivity contribution is 0.845. The maximum atomic E-state index is 4.38. The second-order valence-electron chi connectivity index (χ2n) is 3.58. The number of aromatic nitrogens is 2. The monoisotopic (exact) mass is 257 g/mol. The standard InChI is InChI=1S/C10H16BrN3/c1-7(11)6-14(4)10-5-8(2)12-9(3)13-10/h5,7H,6H2,1-4H3. The Hall–Kier alpha value is -0.640. The smallest absolute Gasteiger partial charge is 0.132 e. The molecule has 14 heavy (non-hydrogen) atoms. The number of hydrogen-bond acceptors (Lipinski definition) is 3. The summed E-state index contributed by atoms with van der Waals surface area (Å²) in [7, 11) is 2.04. The number of anilines is 1. The molecule has 78 valence electrons. The molecule has 0 amide bonds. The van der Waals surface area contributed by atoms with E-state index in [0.717, 1.165) is 23.9 Å². The summed E-state index contributed by atoms with van der Waals surface area (Å²) in [4.78, 5) is 11.2. The minimum atomic E-state index is 0.461. The summed E-state index contributed by atoms with van der Waals surface area (Å²) >= 11 is 3.52. The Morgan fingerprint density at radius 1 is 1.43 bits per heavy atom. The van der Waals surface area contributed by atoms with Gasteiger partial charge in [0.05, 0.1) is 0 Å². The highest BCUT2D eigenvalue weighted by molar-refractivity contribution is 9.09. The lowest BCUT2D eigenvalue weighted by atomic mass is 10.3. The Morgan fingerprint density at radius 3 is 2.57 bits per heavy atom. The van der Waals surface area contributed by atoms with Crippen molar-refractivity contribution in [2.24, 2.45) is 0 Å². The number of alkyl halides is 1. The van der Waals surface area contributed by atoms with Gasteiger partial charge in [-0.25, -0.2) is 9.97 Å². The van der Waals surface area contributed by atoms with Gasteiger partial charge in [-0.2, -0.15) is 0 Å². The Morgan fingerprint density at radius 2 is 2.07 bits per heavy atom. The first kappa shape index (κ1) is 11.4. The van der Waals surface area contributed by atoms with Crippen molar-refractivity contribution in [1.29, 1.82) is 0 Å². The van der Waals surface area contributed by atoms with E-state index in [0.29, 0.717) is 4.83 Å². The summed E-state index contributed by atoms with van der Waals surface area (Å²) in [6, 6.07) is 2.00. The van der Waals surface area contributed by atoms with Gasteiger partial charge in [0, 0.05) is 30.2 Å². The van der Waals surface area contributed by atoms with Crippen LogP contribution in [-0.4, -0.2) is 28.4 Å². The van der Waals surface area contributed by atoms with Crippen LogP contribution in [-0.2, 0) is 0 Å². The molecule has 1 heterocycles. The minimum Gasteiger partial charge on any atom is -0.358 e. The van der Waals surface area contributed by atoms with E-state index in [9.17, 15) is 0 Å². The molecule has 0 fully saturated rings. The molecular weight excluding hydrogens is 242 g/mol. The lowest BCUT2D eigenvalue weighted by Gasteiger charge is -2.20. The van der Waals surface area contributed by atoms with E-state index in [1.807, 2.05) is 27.0 Å². The van der Waals surface area contributed by atoms with Gasteiger partial charge in [0.15, 0.2) is 0 Å². The topological polar surface area (TPSA) is 29.0 Å². The normalized spacial score (nSPS) is 12.6. The van der Waals surface area contributed by atoms with Crippen LogP contribution in [0.4, 0.5) is 5.82 Å². The SMILES string of the molecule is Cc1cc(N(C)CC(C)Br)nc(C)n1. The van der Waals surface area contributed by atoms with Crippen molar-refractivity contribution in [1.82, 2.24) is 9.97 Å². The molecule has 0 spiro atoms. The molecule has 1 aromatic heterocycles. The molecule has 0 aliphatic rings. The average molecular weight is 258 g/mol. The fraction of sp³-hybridized carbons (Fsp3) is 0.600. The molecule has 0 aliphatic heterocycles. The van der Waals surface area contributed by atoms with Crippen LogP contribution in [0.3, 0.4) is 0 Å². The number of halogens is 1. The van der Waals surface area contributed by atoms with Crippen molar-refractivity contribution < 1.29 is 0 Å². The molecule has 1 aromatic rings. The molecular formula is C10H16BrN3. The van der Waals surface area contributed by atoms with Crippen LogP contribution in [0, 0.1) is 13.8 Å². The van der Waals surface area contributed by atoms with Gasteiger partial charge in [0.1, 0.15) is 11.6 Å². The van der Waals surface area contributed by atoms with Crippen molar-refractivity contribution in [2.75, 3.05) is 18.5 Å². The highest BCUT2D eigenvalue weighted by Crippen LogP contribution is 2.12. The van der Waals surface area contributed by atoms with Crippen LogP contribution in [0.25, 0.3) is 0 Å². The van der Waals surface area contributed by atoms with Gasteiger partial charge in [-0.05, 0) is 13.8 Å². The van der Waals surface area contributed by atoms with Gasteiger partial charge in [-0.1, -0.05) is 22.9 Å². The zero-order chi connectivity index (χ0) is 10.7. The van der Waals surface area contributed by atoms with Crippen molar-refractivity contribution in [3.05, 3.63) is 17.6 Å². The highest BCUT2D eigenvalue weighted by atomic mass is 79.9. The van der Waals surface area contributed by atoms with Crippen LogP contribution < -0.4 is 4.90 Å². The van der Waals surface area contributed by atoms with Crippen LogP contribution in [0.15, 0.2) is 6.07 Å². The molecule has 0 aromatic carbocycles. The summed E-state index contributed by atoms with van der Waals surface area (Å²) in [5.74, 6) is 1.82. The largest absolute Gasteiger partial charge is 0.358 e. The zero-order valence-corrected chi connectivity index (χ0v) is 10.7. The minimum absolute atomic E-state index is 0.461. The predicted octanol–water partition coefficient (Wildman–Crippen LogP) is 2.31. The van der Waals surface area contributed by atoms with Crippen molar-refractivity contribution in [3.8, 4) is 0 Å². The maximum Gasteiger partial charge on any atom is 0.132 e. The van der Waals surface area contributed by atoms with Gasteiger partial charge in [0.25, 0.3) is 0 Å². The molecule has 0 N–H and O–H groups in total. The molecule has 0 saturated heterocycles. The number of rotatable bonds is 3. The fourth-order valence-electron chi connectivity index (χ4n) is 1.36. The van der Waals surface area contributed by atoms with E-state index < -0.39 is 0 Å². The van der Waals surface area contributed by atoms with Gasteiger partial charge in [-0.3, -0.25) is 0 Å². The van der Waals surface area contributed by atoms with E-state index in [1.54, 1.807) is 0 Å². The summed E-state index contributed by atoms with van der Waals surface area (Å²) < 4.78 is 0. The lowest BCUT2D eigenvalue weighted by Crippen LogP contribution is -2.25. The third-order valence-electron chi connectivity index (χ3n) is 1.87. The van der Waals surface area contributed by atoms with Gasteiger partial charge in [-0.15, -0.1) is 0 Å². The van der Waals surface area contributed by atoms with Gasteiger partial charge in [0.2, 0.25) is 0 Å². The summed E-state index contributed by atoms with van der Waals surface area (Å²) in [5, 5.41) is 0. The third-order valence-corrected chi connectivity index (χ3v) is 2.16. The van der Waals surface area contributed by atoms with E-state index in [-0.39, 0.29) is 0 Å². The predicted molar refractivity (Wildman–Crippen MR) is 63.2 cm³/mol. The number of aryl methyl sites for hydroxylation is 2. The molecule has 0 aliphatic carbocycles. The first-order valence-corrected chi connectivity index (χ1v) is 5.58. The molecule has 0 radical (unpaired) electrons. The summed E-state index contributed by atoms with van der Waals surface area (Å²) in [6.45, 7) is 6.97. The van der Waals surface area contributed by atoms with E-state index in [4.69, 9.17) is 0 Å². The second kappa shape index (κ2) is 4.73. The first-order valence-electron chi connectivity index (χ1n) is 4.66. The Bertz CT molecular complexity index is 292. The molecule has 1 unspecified atom stereocenters. The molecule has 1 rings (SSSR count). The van der Waals surface area contributed by atoms with Crippen molar-refractivity contribution in [2.45, 2.75) is 25.6 Å². The highest BCUT2D eigenvalue weighted by Gasteiger charge is 2.06. The average Bonchev–Trinajstić information content (AvgIpc) is 2.00. The third kappa shape index (κ3) is 3.25. The number of nitrogens with zero attached hydrogens (tertiary/aromatic N) is 3. The van der Waals surface area contributed by atoms with Crippen molar-refractivity contribution >= 4 is 21.7 Å². The zero-order valence-electron chi connectivity index (χ0n) is 9.08. The molecule has 0 saturated carbocycles. The van der Waals surface area contributed by atoms with Gasteiger partial charge >= 0.3 is 0 Å². The molecule has 4 heteroatoms. The van der Waals surface area contributed by atoms with Crippen LogP contribution in [0.1, 0.15) is 18.4 Å². The summed E-state index contributed by atoms with van der Waals surface area (Å²) in [6.07, 6.45) is 0. The Labute approximate surface area is 93.7 Å². The molecule has 0 bridgehead atoms. The number of hydrogen-bond donors (Lipinski definition) is 0. The van der Waals surface area contributed by atoms with Crippen LogP contribution in [0.5, 0.6) is 0 Å². The van der Waals surface area contributed by atoms with E-state index in [2.05, 4.69) is 37.7 Å². The van der Waals surface area contributed by atoms with E-state index in [1.165, 1.54) is 0 Å². The summed E-state index contributed by atoms with van der Waals surface area (Å²) in [5.41, 5.74) is 1.02. The maximum absolute atomic E-state index is 4.38. The van der Waals surface area contributed by atoms with E-state index >= 15 is 0 Å². The Kier molecular flexibility index (Phi) is 3.86. The second-order valence-corrected chi connectivity index (χ2v) is 5.14. The first-order chi connectivity index (χ1) is 6.49. The quantitative estimate of drug-likeness (QED) is 0.779. The van der Waals surface area contributed by atoms with Crippen molar-refractivity contribution in [3.63, 3.8) is 0 Å². The van der Waals surface area contributed by atoms with Gasteiger partial charge < -0.3 is 4.90 Å². The van der Waals surface area contributed by atoms with Crippen LogP contribution >= 0.6 is 15.9 Å². The van der Waals surface area contributed by atoms with Crippen LogP contribution in [0.2, 0.25) is 0 Å². The molecule has 1 atom stereocenters. The fourth-order valence-corrected chi connectivity index (χ4v) is 1.80.